The number of benzene rings is 1. The van der Waals surface area contributed by atoms with E-state index in [1.54, 1.807) is 7.11 Å². The van der Waals surface area contributed by atoms with E-state index < -0.39 is 0 Å². The van der Waals surface area contributed by atoms with Crippen LogP contribution < -0.4 is 4.74 Å². The Labute approximate surface area is 133 Å². The molecule has 1 saturated carbocycles. The molecular weight excluding hydrogens is 272 g/mol. The van der Waals surface area contributed by atoms with Gasteiger partial charge < -0.3 is 9.84 Å². The number of fused-ring (bicyclic) bond motifs is 5. The molecule has 0 aromatic heterocycles. The summed E-state index contributed by atoms with van der Waals surface area (Å²) in [6.07, 6.45) is 7.73. The summed E-state index contributed by atoms with van der Waals surface area (Å²) in [7, 11) is 1.74. The van der Waals surface area contributed by atoms with Gasteiger partial charge in [-0.05, 0) is 72.3 Å². The first-order valence-electron chi connectivity index (χ1n) is 8.55. The highest BCUT2D eigenvalue weighted by Gasteiger charge is 2.57. The summed E-state index contributed by atoms with van der Waals surface area (Å²) in [6.45, 7) is 4.74. The summed E-state index contributed by atoms with van der Waals surface area (Å²) >= 11 is 0. The number of rotatable bonds is 1. The van der Waals surface area contributed by atoms with E-state index in [-0.39, 0.29) is 16.9 Å². The van der Waals surface area contributed by atoms with Gasteiger partial charge in [0.1, 0.15) is 5.75 Å². The van der Waals surface area contributed by atoms with E-state index in [1.165, 1.54) is 23.1 Å². The number of methoxy groups -OCH3 is 1. The molecule has 0 heterocycles. The summed E-state index contributed by atoms with van der Waals surface area (Å²) in [4.78, 5) is 0. The Morgan fingerprint density at radius 3 is 2.82 bits per heavy atom. The minimum Gasteiger partial charge on any atom is -0.497 e. The molecule has 22 heavy (non-hydrogen) atoms. The van der Waals surface area contributed by atoms with E-state index >= 15 is 0 Å². The zero-order chi connectivity index (χ0) is 15.5. The van der Waals surface area contributed by atoms with Gasteiger partial charge in [-0.15, -0.1) is 0 Å². The topological polar surface area (TPSA) is 29.5 Å². The largest absolute Gasteiger partial charge is 0.497 e. The average molecular weight is 298 g/mol. The molecule has 0 bridgehead atoms. The Bertz CT molecular complexity index is 647. The molecule has 1 N–H and O–H groups in total. The van der Waals surface area contributed by atoms with Crippen LogP contribution in [-0.2, 0) is 6.42 Å². The van der Waals surface area contributed by atoms with Crippen LogP contribution >= 0.6 is 0 Å². The number of aliphatic hydroxyl groups is 1. The predicted octanol–water partition coefficient (Wildman–Crippen LogP) is 4.21. The maximum absolute atomic E-state index is 10.5. The maximum Gasteiger partial charge on any atom is 0.119 e. The molecule has 1 unspecified atom stereocenters. The smallest absolute Gasteiger partial charge is 0.119 e. The Morgan fingerprint density at radius 2 is 2.05 bits per heavy atom. The minimum absolute atomic E-state index is 0.0717. The van der Waals surface area contributed by atoms with E-state index in [0.717, 1.165) is 31.4 Å². The minimum atomic E-state index is -0.135. The van der Waals surface area contributed by atoms with Crippen molar-refractivity contribution >= 4 is 5.57 Å². The van der Waals surface area contributed by atoms with Crippen LogP contribution in [0.2, 0.25) is 0 Å². The second-order valence-corrected chi connectivity index (χ2v) is 7.91. The Hall–Kier alpha value is -1.28. The Morgan fingerprint density at radius 1 is 1.23 bits per heavy atom. The number of aryl methyl sites for hydroxylation is 1. The summed E-state index contributed by atoms with van der Waals surface area (Å²) in [5.41, 5.74) is 4.64. The lowest BCUT2D eigenvalue weighted by Crippen LogP contribution is -2.45. The van der Waals surface area contributed by atoms with Gasteiger partial charge in [0.15, 0.2) is 0 Å². The SMILES string of the molecule is COc1ccc2c(c1)CC[C@]1(C)C2=CC[C@@]2(C)C1CC[C@@H]2O. The molecule has 0 spiro atoms. The van der Waals surface area contributed by atoms with Gasteiger partial charge >= 0.3 is 0 Å². The molecule has 0 radical (unpaired) electrons. The number of ether oxygens (including phenoxy) is 1. The van der Waals surface area contributed by atoms with Crippen molar-refractivity contribution < 1.29 is 9.84 Å². The first-order valence-corrected chi connectivity index (χ1v) is 8.55. The highest BCUT2D eigenvalue weighted by atomic mass is 16.5. The van der Waals surface area contributed by atoms with Crippen LogP contribution in [0.15, 0.2) is 24.3 Å². The number of aliphatic hydroxyl groups excluding tert-OH is 1. The first-order chi connectivity index (χ1) is 10.5. The van der Waals surface area contributed by atoms with E-state index in [9.17, 15) is 5.11 Å². The summed E-state index contributed by atoms with van der Waals surface area (Å²) in [6, 6.07) is 6.53. The second kappa shape index (κ2) is 4.61. The molecule has 4 rings (SSSR count). The molecule has 118 valence electrons. The number of allylic oxidation sites excluding steroid dienone is 2. The van der Waals surface area contributed by atoms with E-state index in [2.05, 4.69) is 38.1 Å². The maximum atomic E-state index is 10.5. The van der Waals surface area contributed by atoms with Crippen LogP contribution in [0.5, 0.6) is 5.75 Å². The standard InChI is InChI=1S/C20H26O2/c1-19-10-8-13-12-14(22-3)4-5-15(13)16(19)9-11-20(2)17(19)6-7-18(20)21/h4-5,9,12,17-18,21H,6-8,10-11H2,1-3H3/t17?,18-,19+,20-/m0/s1. The van der Waals surface area contributed by atoms with Crippen molar-refractivity contribution in [3.8, 4) is 5.75 Å². The lowest BCUT2D eigenvalue weighted by molar-refractivity contribution is 0.00214. The zero-order valence-corrected chi connectivity index (χ0v) is 13.9. The molecule has 4 atom stereocenters. The van der Waals surface area contributed by atoms with Crippen LogP contribution in [0.1, 0.15) is 50.7 Å². The fraction of sp³-hybridized carbons (Fsp3) is 0.600. The highest BCUT2D eigenvalue weighted by molar-refractivity contribution is 5.76. The summed E-state index contributed by atoms with van der Waals surface area (Å²) < 4.78 is 5.39. The summed E-state index contributed by atoms with van der Waals surface area (Å²) in [5.74, 6) is 1.56. The van der Waals surface area contributed by atoms with Crippen molar-refractivity contribution in [2.45, 2.75) is 52.1 Å². The molecule has 1 aromatic carbocycles. The van der Waals surface area contributed by atoms with Crippen LogP contribution in [-0.4, -0.2) is 18.3 Å². The second-order valence-electron chi connectivity index (χ2n) is 7.91. The number of hydrogen-bond donors (Lipinski definition) is 1. The molecule has 3 aliphatic rings. The fourth-order valence-corrected chi connectivity index (χ4v) is 5.57. The third kappa shape index (κ3) is 1.70. The Kier molecular flexibility index (Phi) is 3.00. The third-order valence-corrected chi connectivity index (χ3v) is 6.93. The molecule has 1 aromatic rings. The fourth-order valence-electron chi connectivity index (χ4n) is 5.57. The van der Waals surface area contributed by atoms with Gasteiger partial charge in [0, 0.05) is 5.41 Å². The van der Waals surface area contributed by atoms with Gasteiger partial charge in [-0.2, -0.15) is 0 Å². The molecular formula is C20H26O2. The van der Waals surface area contributed by atoms with Crippen LogP contribution in [0.4, 0.5) is 0 Å². The molecule has 0 amide bonds. The van der Waals surface area contributed by atoms with Crippen molar-refractivity contribution in [3.05, 3.63) is 35.4 Å². The van der Waals surface area contributed by atoms with E-state index in [1.807, 2.05) is 0 Å². The van der Waals surface area contributed by atoms with Gasteiger partial charge in [-0.3, -0.25) is 0 Å². The first kappa shape index (κ1) is 14.3. The number of hydrogen-bond acceptors (Lipinski definition) is 2. The molecule has 2 heteroatoms. The molecule has 0 saturated heterocycles. The van der Waals surface area contributed by atoms with Gasteiger partial charge in [-0.1, -0.05) is 26.0 Å². The lowest BCUT2D eigenvalue weighted by Gasteiger charge is -2.52. The third-order valence-electron chi connectivity index (χ3n) is 6.93. The van der Waals surface area contributed by atoms with Gasteiger partial charge in [-0.25, -0.2) is 0 Å². The quantitative estimate of drug-likeness (QED) is 0.841. The highest BCUT2D eigenvalue weighted by Crippen LogP contribution is 2.64. The van der Waals surface area contributed by atoms with Crippen LogP contribution in [0, 0.1) is 16.7 Å². The molecule has 0 aliphatic heterocycles. The van der Waals surface area contributed by atoms with Gasteiger partial charge in [0.05, 0.1) is 13.2 Å². The van der Waals surface area contributed by atoms with Crippen LogP contribution in [0.25, 0.3) is 5.57 Å². The summed E-state index contributed by atoms with van der Waals surface area (Å²) in [5, 5.41) is 10.5. The normalized spacial score (nSPS) is 39.5. The molecule has 1 fully saturated rings. The van der Waals surface area contributed by atoms with Crippen molar-refractivity contribution in [3.63, 3.8) is 0 Å². The van der Waals surface area contributed by atoms with Crippen molar-refractivity contribution in [1.82, 2.24) is 0 Å². The van der Waals surface area contributed by atoms with Crippen molar-refractivity contribution in [2.24, 2.45) is 16.7 Å². The van der Waals surface area contributed by atoms with E-state index in [4.69, 9.17) is 4.74 Å². The van der Waals surface area contributed by atoms with Gasteiger partial charge in [0.25, 0.3) is 0 Å². The Balaban J connectivity index is 1.83. The monoisotopic (exact) mass is 298 g/mol. The van der Waals surface area contributed by atoms with Crippen molar-refractivity contribution in [2.75, 3.05) is 7.11 Å². The molecule has 2 nitrogen and oxygen atoms in total. The zero-order valence-electron chi connectivity index (χ0n) is 13.9. The predicted molar refractivity (Wildman–Crippen MR) is 88.9 cm³/mol. The van der Waals surface area contributed by atoms with Crippen LogP contribution in [0.3, 0.4) is 0 Å². The lowest BCUT2D eigenvalue weighted by atomic mass is 9.52. The van der Waals surface area contributed by atoms with E-state index in [0.29, 0.717) is 5.92 Å². The average Bonchev–Trinajstić information content (AvgIpc) is 2.83. The van der Waals surface area contributed by atoms with Gasteiger partial charge in [0.2, 0.25) is 0 Å². The van der Waals surface area contributed by atoms with Crippen molar-refractivity contribution in [1.29, 1.82) is 0 Å². The molecule has 3 aliphatic carbocycles.